The molecule has 1 unspecified atom stereocenters. The molecule has 0 bridgehead atoms. The second-order valence-electron chi connectivity index (χ2n) is 3.92. The first-order valence-electron chi connectivity index (χ1n) is 4.88. The van der Waals surface area contributed by atoms with E-state index in [0.717, 1.165) is 23.5 Å². The van der Waals surface area contributed by atoms with E-state index in [2.05, 4.69) is 0 Å². The molecule has 0 amide bonds. The van der Waals surface area contributed by atoms with Crippen molar-refractivity contribution in [3.8, 4) is 11.5 Å². The lowest BCUT2D eigenvalue weighted by Gasteiger charge is -2.24. The van der Waals surface area contributed by atoms with Gasteiger partial charge in [-0.2, -0.15) is 0 Å². The van der Waals surface area contributed by atoms with Gasteiger partial charge in [0.2, 0.25) is 6.79 Å². The molecule has 0 fully saturated rings. The van der Waals surface area contributed by atoms with Crippen LogP contribution < -0.4 is 15.2 Å². The minimum atomic E-state index is -0.414. The van der Waals surface area contributed by atoms with Crippen LogP contribution in [0.4, 0.5) is 0 Å². The molecule has 0 radical (unpaired) electrons. The number of halogens is 1. The van der Waals surface area contributed by atoms with Crippen LogP contribution in [0.3, 0.4) is 0 Å². The first-order valence-corrected chi connectivity index (χ1v) is 5.42. The molecular formula is C11H14ClNO2. The largest absolute Gasteiger partial charge is 0.454 e. The van der Waals surface area contributed by atoms with E-state index < -0.39 is 5.54 Å². The van der Waals surface area contributed by atoms with Crippen molar-refractivity contribution in [3.05, 3.63) is 23.8 Å². The Hall–Kier alpha value is -0.930. The summed E-state index contributed by atoms with van der Waals surface area (Å²) in [6, 6.07) is 5.77. The fourth-order valence-electron chi connectivity index (χ4n) is 1.59. The van der Waals surface area contributed by atoms with Gasteiger partial charge in [-0.05, 0) is 31.0 Å². The highest BCUT2D eigenvalue weighted by Crippen LogP contribution is 2.35. The van der Waals surface area contributed by atoms with Gasteiger partial charge in [0.05, 0.1) is 0 Å². The highest BCUT2D eigenvalue weighted by atomic mass is 35.5. The summed E-state index contributed by atoms with van der Waals surface area (Å²) in [5.74, 6) is 2.08. The van der Waals surface area contributed by atoms with Gasteiger partial charge in [-0.1, -0.05) is 6.07 Å². The standard InChI is InChI=1S/C11H14ClNO2/c1-11(13,4-5-12)8-2-3-9-10(6-8)15-7-14-9/h2-3,6H,4-5,7,13H2,1H3. The molecule has 1 aliphatic heterocycles. The molecule has 1 aromatic rings. The van der Waals surface area contributed by atoms with Gasteiger partial charge in [0, 0.05) is 11.4 Å². The van der Waals surface area contributed by atoms with Crippen LogP contribution in [0.5, 0.6) is 11.5 Å². The minimum Gasteiger partial charge on any atom is -0.454 e. The summed E-state index contributed by atoms with van der Waals surface area (Å²) < 4.78 is 10.5. The highest BCUT2D eigenvalue weighted by molar-refractivity contribution is 6.17. The minimum absolute atomic E-state index is 0.287. The molecule has 1 aliphatic rings. The second-order valence-corrected chi connectivity index (χ2v) is 4.30. The van der Waals surface area contributed by atoms with Gasteiger partial charge in [0.25, 0.3) is 0 Å². The van der Waals surface area contributed by atoms with E-state index in [9.17, 15) is 0 Å². The smallest absolute Gasteiger partial charge is 0.231 e. The third-order valence-corrected chi connectivity index (χ3v) is 2.83. The van der Waals surface area contributed by atoms with Crippen LogP contribution in [-0.2, 0) is 5.54 Å². The molecule has 0 saturated heterocycles. The van der Waals surface area contributed by atoms with Crippen LogP contribution >= 0.6 is 11.6 Å². The summed E-state index contributed by atoms with van der Waals surface area (Å²) in [5, 5.41) is 0. The predicted octanol–water partition coefficient (Wildman–Crippen LogP) is 2.22. The Morgan fingerprint density at radius 3 is 2.87 bits per heavy atom. The maximum Gasteiger partial charge on any atom is 0.231 e. The van der Waals surface area contributed by atoms with E-state index in [1.54, 1.807) is 0 Å². The molecule has 0 spiro atoms. The normalized spacial score (nSPS) is 17.5. The van der Waals surface area contributed by atoms with Gasteiger partial charge in [-0.25, -0.2) is 0 Å². The Morgan fingerprint density at radius 2 is 2.13 bits per heavy atom. The molecule has 15 heavy (non-hydrogen) atoms. The van der Waals surface area contributed by atoms with Crippen LogP contribution in [0.1, 0.15) is 18.9 Å². The number of hydrogen-bond donors (Lipinski definition) is 1. The van der Waals surface area contributed by atoms with E-state index in [1.165, 1.54) is 0 Å². The predicted molar refractivity (Wildman–Crippen MR) is 59.4 cm³/mol. The van der Waals surface area contributed by atoms with E-state index in [0.29, 0.717) is 5.88 Å². The van der Waals surface area contributed by atoms with Gasteiger partial charge in [0.1, 0.15) is 0 Å². The van der Waals surface area contributed by atoms with Gasteiger partial charge in [0.15, 0.2) is 11.5 Å². The molecule has 0 saturated carbocycles. The van der Waals surface area contributed by atoms with Crippen LogP contribution in [0.25, 0.3) is 0 Å². The van der Waals surface area contributed by atoms with Crippen molar-refractivity contribution >= 4 is 11.6 Å². The zero-order chi connectivity index (χ0) is 10.9. The maximum atomic E-state index is 6.16. The van der Waals surface area contributed by atoms with Gasteiger partial charge < -0.3 is 15.2 Å². The molecule has 0 aliphatic carbocycles. The Morgan fingerprint density at radius 1 is 1.40 bits per heavy atom. The van der Waals surface area contributed by atoms with E-state index in [-0.39, 0.29) is 6.79 Å². The molecular weight excluding hydrogens is 214 g/mol. The SMILES string of the molecule is CC(N)(CCCl)c1ccc2c(c1)OCO2. The maximum absolute atomic E-state index is 6.16. The fourth-order valence-corrected chi connectivity index (χ4v) is 1.98. The van der Waals surface area contributed by atoms with Crippen LogP contribution in [0, 0.1) is 0 Å². The molecule has 4 heteroatoms. The molecule has 2 N–H and O–H groups in total. The Labute approximate surface area is 94.1 Å². The summed E-state index contributed by atoms with van der Waals surface area (Å²) in [6.07, 6.45) is 0.730. The monoisotopic (exact) mass is 227 g/mol. The van der Waals surface area contributed by atoms with E-state index in [4.69, 9.17) is 26.8 Å². The van der Waals surface area contributed by atoms with E-state index >= 15 is 0 Å². The van der Waals surface area contributed by atoms with Crippen molar-refractivity contribution < 1.29 is 9.47 Å². The van der Waals surface area contributed by atoms with Crippen molar-refractivity contribution in [2.45, 2.75) is 18.9 Å². The molecule has 1 aromatic carbocycles. The molecule has 1 atom stereocenters. The first kappa shape index (κ1) is 10.6. The molecule has 1 heterocycles. The zero-order valence-corrected chi connectivity index (χ0v) is 9.38. The lowest BCUT2D eigenvalue weighted by Crippen LogP contribution is -2.33. The topological polar surface area (TPSA) is 44.5 Å². The van der Waals surface area contributed by atoms with Gasteiger partial charge in [-0.15, -0.1) is 11.6 Å². The second kappa shape index (κ2) is 3.91. The van der Waals surface area contributed by atoms with Crippen LogP contribution in [0.2, 0.25) is 0 Å². The molecule has 0 aromatic heterocycles. The Kier molecular flexibility index (Phi) is 2.76. The number of ether oxygens (including phenoxy) is 2. The number of fused-ring (bicyclic) bond motifs is 1. The van der Waals surface area contributed by atoms with E-state index in [1.807, 2.05) is 25.1 Å². The van der Waals surface area contributed by atoms with Crippen molar-refractivity contribution in [3.63, 3.8) is 0 Å². The average molecular weight is 228 g/mol. The number of alkyl halides is 1. The summed E-state index contributed by atoms with van der Waals surface area (Å²) in [4.78, 5) is 0. The summed E-state index contributed by atoms with van der Waals surface area (Å²) >= 11 is 5.72. The Balaban J connectivity index is 2.29. The first-order chi connectivity index (χ1) is 7.13. The fraction of sp³-hybridized carbons (Fsp3) is 0.455. The quantitative estimate of drug-likeness (QED) is 0.806. The number of hydrogen-bond acceptors (Lipinski definition) is 3. The third-order valence-electron chi connectivity index (χ3n) is 2.65. The van der Waals surface area contributed by atoms with Crippen LogP contribution in [0.15, 0.2) is 18.2 Å². The summed E-state index contributed by atoms with van der Waals surface area (Å²) in [7, 11) is 0. The van der Waals surface area contributed by atoms with Crippen molar-refractivity contribution in [1.82, 2.24) is 0 Å². The highest BCUT2D eigenvalue weighted by Gasteiger charge is 2.23. The summed E-state index contributed by atoms with van der Waals surface area (Å²) in [5.41, 5.74) is 6.77. The Bertz CT molecular complexity index is 366. The molecule has 3 nitrogen and oxygen atoms in total. The number of nitrogens with two attached hydrogens (primary N) is 1. The van der Waals surface area contributed by atoms with Crippen molar-refractivity contribution in [2.75, 3.05) is 12.7 Å². The zero-order valence-electron chi connectivity index (χ0n) is 8.63. The number of benzene rings is 1. The van der Waals surface area contributed by atoms with Crippen molar-refractivity contribution in [1.29, 1.82) is 0 Å². The lowest BCUT2D eigenvalue weighted by molar-refractivity contribution is 0.174. The molecule has 82 valence electrons. The van der Waals surface area contributed by atoms with Crippen molar-refractivity contribution in [2.24, 2.45) is 5.73 Å². The van der Waals surface area contributed by atoms with Gasteiger partial charge >= 0.3 is 0 Å². The molecule has 2 rings (SSSR count). The average Bonchev–Trinajstić information content (AvgIpc) is 2.63. The third kappa shape index (κ3) is 2.03. The summed E-state index contributed by atoms with van der Waals surface area (Å²) in [6.45, 7) is 2.25. The van der Waals surface area contributed by atoms with Crippen LogP contribution in [-0.4, -0.2) is 12.7 Å². The van der Waals surface area contributed by atoms with Gasteiger partial charge in [-0.3, -0.25) is 0 Å². The number of rotatable bonds is 3. The lowest BCUT2D eigenvalue weighted by atomic mass is 9.90.